The number of carbonyl (C=O) groups excluding carboxylic acids is 1. The third-order valence-electron chi connectivity index (χ3n) is 2.18. The van der Waals surface area contributed by atoms with Gasteiger partial charge in [-0.2, -0.15) is 0 Å². The van der Waals surface area contributed by atoms with Crippen LogP contribution < -0.4 is 5.32 Å². The molecule has 0 aliphatic carbocycles. The van der Waals surface area contributed by atoms with E-state index >= 15 is 0 Å². The fourth-order valence-corrected chi connectivity index (χ4v) is 1.72. The molecule has 1 amide bonds. The average Bonchev–Trinajstić information content (AvgIpc) is 2.34. The lowest BCUT2D eigenvalue weighted by molar-refractivity contribution is 0.102. The molecule has 0 saturated heterocycles. The Balaban J connectivity index is 2.27. The quantitative estimate of drug-likeness (QED) is 0.853. The minimum absolute atomic E-state index is 0.00702. The molecule has 3 nitrogen and oxygen atoms in total. The van der Waals surface area contributed by atoms with Crippen LogP contribution in [0.3, 0.4) is 0 Å². The third kappa shape index (κ3) is 2.78. The molecule has 1 heterocycles. The second kappa shape index (κ2) is 5.33. The highest BCUT2D eigenvalue weighted by Gasteiger charge is 2.13. The minimum Gasteiger partial charge on any atom is -0.319 e. The monoisotopic (exact) mass is 284 g/mol. The number of nitrogens with one attached hydrogen (secondary N) is 1. The first-order valence-corrected chi connectivity index (χ1v) is 5.70. The van der Waals surface area contributed by atoms with E-state index in [1.165, 1.54) is 30.5 Å². The van der Waals surface area contributed by atoms with Crippen LogP contribution in [-0.2, 0) is 0 Å². The summed E-state index contributed by atoms with van der Waals surface area (Å²) in [7, 11) is 0. The number of rotatable bonds is 2. The van der Waals surface area contributed by atoms with Crippen molar-refractivity contribution in [1.29, 1.82) is 0 Å². The standard InChI is InChI=1S/C12H7Cl2FN2O/c13-7-3-4-9(15)10(6-7)17-12(18)8-2-1-5-16-11(8)14/h1-6H,(H,17,18). The SMILES string of the molecule is O=C(Nc1cc(Cl)ccc1F)c1cccnc1Cl. The van der Waals surface area contributed by atoms with Gasteiger partial charge in [-0.3, -0.25) is 4.79 Å². The Morgan fingerprint density at radius 3 is 2.78 bits per heavy atom. The van der Waals surface area contributed by atoms with Crippen molar-refractivity contribution in [2.45, 2.75) is 0 Å². The van der Waals surface area contributed by atoms with Crippen LogP contribution >= 0.6 is 23.2 Å². The van der Waals surface area contributed by atoms with E-state index in [0.29, 0.717) is 5.02 Å². The zero-order chi connectivity index (χ0) is 13.1. The van der Waals surface area contributed by atoms with Crippen molar-refractivity contribution in [3.8, 4) is 0 Å². The molecule has 0 aliphatic rings. The molecule has 6 heteroatoms. The summed E-state index contributed by atoms with van der Waals surface area (Å²) in [4.78, 5) is 15.6. The lowest BCUT2D eigenvalue weighted by Crippen LogP contribution is -2.13. The molecule has 0 unspecified atom stereocenters. The van der Waals surface area contributed by atoms with Gasteiger partial charge >= 0.3 is 0 Å². The number of anilines is 1. The second-order valence-corrected chi connectivity index (χ2v) is 4.21. The van der Waals surface area contributed by atoms with Crippen LogP contribution in [0.15, 0.2) is 36.5 Å². The van der Waals surface area contributed by atoms with Gasteiger partial charge in [0.2, 0.25) is 0 Å². The molecule has 0 spiro atoms. The molecule has 1 N–H and O–H groups in total. The number of hydrogen-bond acceptors (Lipinski definition) is 2. The summed E-state index contributed by atoms with van der Waals surface area (Å²) in [6, 6.07) is 6.94. The van der Waals surface area contributed by atoms with Crippen LogP contribution in [0.4, 0.5) is 10.1 Å². The Bertz CT molecular complexity index is 604. The maximum absolute atomic E-state index is 13.4. The number of aromatic nitrogens is 1. The highest BCUT2D eigenvalue weighted by Crippen LogP contribution is 2.21. The van der Waals surface area contributed by atoms with Crippen molar-refractivity contribution < 1.29 is 9.18 Å². The van der Waals surface area contributed by atoms with Crippen LogP contribution in [0.1, 0.15) is 10.4 Å². The third-order valence-corrected chi connectivity index (χ3v) is 2.72. The van der Waals surface area contributed by atoms with Gasteiger partial charge < -0.3 is 5.32 Å². The summed E-state index contributed by atoms with van der Waals surface area (Å²) in [5.74, 6) is -1.12. The van der Waals surface area contributed by atoms with Gasteiger partial charge in [-0.05, 0) is 30.3 Å². The molecule has 0 fully saturated rings. The molecule has 0 radical (unpaired) electrons. The van der Waals surface area contributed by atoms with E-state index in [-0.39, 0.29) is 16.4 Å². The number of carbonyl (C=O) groups is 1. The number of hydrogen-bond donors (Lipinski definition) is 1. The van der Waals surface area contributed by atoms with Gasteiger partial charge in [-0.1, -0.05) is 23.2 Å². The molecular weight excluding hydrogens is 278 g/mol. The number of halogens is 3. The fraction of sp³-hybridized carbons (Fsp3) is 0. The normalized spacial score (nSPS) is 10.2. The van der Waals surface area contributed by atoms with Gasteiger partial charge in [0.15, 0.2) is 0 Å². The molecule has 2 aromatic rings. The van der Waals surface area contributed by atoms with E-state index in [0.717, 1.165) is 0 Å². The van der Waals surface area contributed by atoms with Crippen LogP contribution in [0.25, 0.3) is 0 Å². The van der Waals surface area contributed by atoms with Crippen LogP contribution in [0, 0.1) is 5.82 Å². The van der Waals surface area contributed by atoms with Gasteiger partial charge in [0.25, 0.3) is 5.91 Å². The summed E-state index contributed by atoms with van der Waals surface area (Å²) in [6.45, 7) is 0. The summed E-state index contributed by atoms with van der Waals surface area (Å²) < 4.78 is 13.4. The summed E-state index contributed by atoms with van der Waals surface area (Å²) in [5.41, 5.74) is 0.158. The Morgan fingerprint density at radius 2 is 2.06 bits per heavy atom. The molecular formula is C12H7Cl2FN2O. The number of benzene rings is 1. The van der Waals surface area contributed by atoms with Crippen molar-refractivity contribution in [3.05, 3.63) is 58.1 Å². The smallest absolute Gasteiger partial charge is 0.258 e. The van der Waals surface area contributed by atoms with Crippen molar-refractivity contribution in [2.75, 3.05) is 5.32 Å². The molecule has 0 atom stereocenters. The molecule has 92 valence electrons. The van der Waals surface area contributed by atoms with Gasteiger partial charge in [0, 0.05) is 11.2 Å². The second-order valence-electron chi connectivity index (χ2n) is 3.42. The number of nitrogens with zero attached hydrogens (tertiary/aromatic N) is 1. The molecule has 0 bridgehead atoms. The fourth-order valence-electron chi connectivity index (χ4n) is 1.34. The van der Waals surface area contributed by atoms with Crippen LogP contribution in [0.2, 0.25) is 10.2 Å². The molecule has 0 saturated carbocycles. The molecule has 1 aromatic heterocycles. The predicted octanol–water partition coefficient (Wildman–Crippen LogP) is 3.78. The van der Waals surface area contributed by atoms with Gasteiger partial charge in [0.1, 0.15) is 11.0 Å². The summed E-state index contributed by atoms with van der Waals surface area (Å²) in [5, 5.41) is 2.76. The van der Waals surface area contributed by atoms with E-state index in [4.69, 9.17) is 23.2 Å². The van der Waals surface area contributed by atoms with E-state index in [9.17, 15) is 9.18 Å². The Morgan fingerprint density at radius 1 is 1.28 bits per heavy atom. The van der Waals surface area contributed by atoms with Crippen molar-refractivity contribution in [2.24, 2.45) is 0 Å². The number of amides is 1. The summed E-state index contributed by atoms with van der Waals surface area (Å²) >= 11 is 11.5. The first kappa shape index (κ1) is 12.8. The predicted molar refractivity (Wildman–Crippen MR) is 68.6 cm³/mol. The van der Waals surface area contributed by atoms with E-state index < -0.39 is 11.7 Å². The Hall–Kier alpha value is -1.65. The molecule has 2 rings (SSSR count). The first-order chi connectivity index (χ1) is 8.58. The van der Waals surface area contributed by atoms with E-state index in [1.54, 1.807) is 6.07 Å². The largest absolute Gasteiger partial charge is 0.319 e. The summed E-state index contributed by atoms with van der Waals surface area (Å²) in [6.07, 6.45) is 1.46. The number of pyridine rings is 1. The Labute approximate surface area is 113 Å². The van der Waals surface area contributed by atoms with Gasteiger partial charge in [-0.15, -0.1) is 0 Å². The highest BCUT2D eigenvalue weighted by molar-refractivity contribution is 6.33. The Kier molecular flexibility index (Phi) is 3.79. The molecule has 0 aliphatic heterocycles. The zero-order valence-corrected chi connectivity index (χ0v) is 10.5. The lowest BCUT2D eigenvalue weighted by Gasteiger charge is -2.07. The van der Waals surface area contributed by atoms with Gasteiger partial charge in [-0.25, -0.2) is 9.37 Å². The molecule has 1 aromatic carbocycles. The maximum atomic E-state index is 13.4. The van der Waals surface area contributed by atoms with Crippen LogP contribution in [0.5, 0.6) is 0 Å². The van der Waals surface area contributed by atoms with Gasteiger partial charge in [0.05, 0.1) is 11.3 Å². The van der Waals surface area contributed by atoms with Crippen LogP contribution in [-0.4, -0.2) is 10.9 Å². The average molecular weight is 285 g/mol. The van der Waals surface area contributed by atoms with E-state index in [1.807, 2.05) is 0 Å². The molecule has 18 heavy (non-hydrogen) atoms. The maximum Gasteiger partial charge on any atom is 0.258 e. The topological polar surface area (TPSA) is 42.0 Å². The minimum atomic E-state index is -0.576. The van der Waals surface area contributed by atoms with Crippen molar-refractivity contribution >= 4 is 34.8 Å². The zero-order valence-electron chi connectivity index (χ0n) is 8.95. The first-order valence-electron chi connectivity index (χ1n) is 4.95. The lowest BCUT2D eigenvalue weighted by atomic mass is 10.2. The van der Waals surface area contributed by atoms with E-state index in [2.05, 4.69) is 10.3 Å². The van der Waals surface area contributed by atoms with Crippen molar-refractivity contribution in [1.82, 2.24) is 4.98 Å². The highest BCUT2D eigenvalue weighted by atomic mass is 35.5. The van der Waals surface area contributed by atoms with Crippen molar-refractivity contribution in [3.63, 3.8) is 0 Å².